The van der Waals surface area contributed by atoms with Gasteiger partial charge in [-0.2, -0.15) is 0 Å². The van der Waals surface area contributed by atoms with Crippen molar-refractivity contribution < 1.29 is 4.79 Å². The number of aryl methyl sites for hydroxylation is 2. The summed E-state index contributed by atoms with van der Waals surface area (Å²) in [6, 6.07) is 7.91. The monoisotopic (exact) mass is 314 g/mol. The Morgan fingerprint density at radius 3 is 2.41 bits per heavy atom. The second kappa shape index (κ2) is 6.88. The number of fused-ring (bicyclic) bond motifs is 1. The van der Waals surface area contributed by atoms with Crippen LogP contribution in [-0.4, -0.2) is 17.7 Å². The maximum atomic E-state index is 12.0. The minimum atomic E-state index is -0.370. The van der Waals surface area contributed by atoms with Gasteiger partial charge in [-0.25, -0.2) is 0 Å². The van der Waals surface area contributed by atoms with Crippen LogP contribution in [0.15, 0.2) is 34.6 Å². The van der Waals surface area contributed by atoms with Crippen LogP contribution in [0.5, 0.6) is 0 Å². The average molecular weight is 314 g/mol. The fourth-order valence-corrected chi connectivity index (χ4v) is 3.24. The number of rotatable bonds is 1. The lowest BCUT2D eigenvalue weighted by Crippen LogP contribution is -2.21. The highest BCUT2D eigenvalue weighted by Gasteiger charge is 2.25. The normalized spacial score (nSPS) is 16.7. The number of aliphatic imine (C=N–C) groups is 1. The van der Waals surface area contributed by atoms with Crippen LogP contribution >= 0.6 is 11.3 Å². The van der Waals surface area contributed by atoms with E-state index in [0.29, 0.717) is 0 Å². The van der Waals surface area contributed by atoms with E-state index in [9.17, 15) is 4.79 Å². The van der Waals surface area contributed by atoms with Gasteiger partial charge in [0, 0.05) is 11.1 Å². The summed E-state index contributed by atoms with van der Waals surface area (Å²) < 4.78 is 0. The average Bonchev–Trinajstić information content (AvgIpc) is 2.82. The van der Waals surface area contributed by atoms with Crippen LogP contribution in [0.25, 0.3) is 0 Å². The van der Waals surface area contributed by atoms with Crippen molar-refractivity contribution in [3.63, 3.8) is 0 Å². The van der Waals surface area contributed by atoms with Crippen LogP contribution in [0.3, 0.4) is 0 Å². The molecule has 2 aromatic rings. The fraction of sp³-hybridized carbons (Fsp3) is 0.333. The molecule has 3 nitrogen and oxygen atoms in total. The summed E-state index contributed by atoms with van der Waals surface area (Å²) in [5.41, 5.74) is 5.38. The van der Waals surface area contributed by atoms with Gasteiger partial charge in [0.15, 0.2) is 0 Å². The second-order valence-corrected chi connectivity index (χ2v) is 6.01. The van der Waals surface area contributed by atoms with Crippen LogP contribution in [-0.2, 0) is 4.79 Å². The van der Waals surface area contributed by atoms with Crippen molar-refractivity contribution in [2.75, 3.05) is 5.32 Å². The maximum Gasteiger partial charge on any atom is 0.249 e. The first-order valence-electron chi connectivity index (χ1n) is 7.60. The van der Waals surface area contributed by atoms with Gasteiger partial charge in [-0.3, -0.25) is 9.79 Å². The molecule has 0 bridgehead atoms. The summed E-state index contributed by atoms with van der Waals surface area (Å²) in [6.07, 6.45) is 0. The lowest BCUT2D eigenvalue weighted by Gasteiger charge is -2.08. The van der Waals surface area contributed by atoms with Gasteiger partial charge < -0.3 is 5.32 Å². The number of carbonyl (C=O) groups is 1. The minimum Gasteiger partial charge on any atom is -0.315 e. The van der Waals surface area contributed by atoms with Gasteiger partial charge in [0.25, 0.3) is 0 Å². The van der Waals surface area contributed by atoms with Gasteiger partial charge in [0.1, 0.15) is 11.0 Å². The lowest BCUT2D eigenvalue weighted by molar-refractivity contribution is -0.116. The number of nitrogens with one attached hydrogen (secondary N) is 1. The number of benzene rings is 1. The zero-order valence-corrected chi connectivity index (χ0v) is 14.5. The van der Waals surface area contributed by atoms with E-state index in [4.69, 9.17) is 0 Å². The Bertz CT molecular complexity index is 698. The molecular weight excluding hydrogens is 292 g/mol. The van der Waals surface area contributed by atoms with E-state index in [-0.39, 0.29) is 11.9 Å². The van der Waals surface area contributed by atoms with E-state index in [2.05, 4.69) is 53.8 Å². The first-order chi connectivity index (χ1) is 10.6. The number of nitrogens with zero attached hydrogens (tertiary/aromatic N) is 1. The maximum absolute atomic E-state index is 12.0. The SMILES string of the molecule is CC.Cc1ccc(C2=N[C@@H](C)C(=O)Nc3scc(C)c32)cc1. The van der Waals surface area contributed by atoms with Gasteiger partial charge in [-0.05, 0) is 31.7 Å². The number of carbonyl (C=O) groups excluding carboxylic acids is 1. The van der Waals surface area contributed by atoms with Crippen molar-refractivity contribution in [1.82, 2.24) is 0 Å². The highest BCUT2D eigenvalue weighted by atomic mass is 32.1. The van der Waals surface area contributed by atoms with Crippen LogP contribution in [0.1, 0.15) is 43.0 Å². The zero-order chi connectivity index (χ0) is 16.3. The predicted octanol–water partition coefficient (Wildman–Crippen LogP) is 4.57. The summed E-state index contributed by atoms with van der Waals surface area (Å²) in [6.45, 7) is 9.95. The molecule has 1 amide bonds. The summed E-state index contributed by atoms with van der Waals surface area (Å²) in [4.78, 5) is 16.6. The molecule has 0 saturated carbocycles. The molecule has 116 valence electrons. The molecular formula is C18H22N2OS. The van der Waals surface area contributed by atoms with E-state index in [1.54, 1.807) is 11.3 Å². The minimum absolute atomic E-state index is 0.0461. The molecule has 0 fully saturated rings. The van der Waals surface area contributed by atoms with E-state index >= 15 is 0 Å². The molecule has 1 atom stereocenters. The topological polar surface area (TPSA) is 41.5 Å². The molecule has 0 unspecified atom stereocenters. The Morgan fingerprint density at radius 2 is 1.77 bits per heavy atom. The van der Waals surface area contributed by atoms with Gasteiger partial charge in [0.2, 0.25) is 5.91 Å². The summed E-state index contributed by atoms with van der Waals surface area (Å²) >= 11 is 1.56. The third-order valence-corrected chi connectivity index (χ3v) is 4.49. The summed E-state index contributed by atoms with van der Waals surface area (Å²) in [7, 11) is 0. The largest absolute Gasteiger partial charge is 0.315 e. The smallest absolute Gasteiger partial charge is 0.249 e. The van der Waals surface area contributed by atoms with E-state index in [1.165, 1.54) is 5.56 Å². The third kappa shape index (κ3) is 3.12. The first kappa shape index (κ1) is 16.4. The number of anilines is 1. The van der Waals surface area contributed by atoms with Gasteiger partial charge in [-0.1, -0.05) is 43.7 Å². The predicted molar refractivity (Wildman–Crippen MR) is 95.3 cm³/mol. The number of amides is 1. The first-order valence-corrected chi connectivity index (χ1v) is 8.48. The highest BCUT2D eigenvalue weighted by Crippen LogP contribution is 2.32. The van der Waals surface area contributed by atoms with Crippen molar-refractivity contribution in [2.24, 2.45) is 4.99 Å². The standard InChI is InChI=1S/C16H16N2OS.C2H6/c1-9-4-6-12(7-5-9)14-13-10(2)8-20-16(13)18-15(19)11(3)17-14;1-2/h4-8,11H,1-3H3,(H,18,19);1-2H3/t11-;/m0./s1. The molecule has 1 N–H and O–H groups in total. The van der Waals surface area contributed by atoms with Crippen LogP contribution < -0.4 is 5.32 Å². The molecule has 0 radical (unpaired) electrons. The molecule has 0 saturated heterocycles. The molecule has 22 heavy (non-hydrogen) atoms. The Morgan fingerprint density at radius 1 is 1.14 bits per heavy atom. The van der Waals surface area contributed by atoms with Crippen molar-refractivity contribution in [2.45, 2.75) is 40.7 Å². The van der Waals surface area contributed by atoms with E-state index < -0.39 is 0 Å². The quantitative estimate of drug-likeness (QED) is 0.823. The van der Waals surface area contributed by atoms with Crippen molar-refractivity contribution in [1.29, 1.82) is 0 Å². The highest BCUT2D eigenvalue weighted by molar-refractivity contribution is 7.15. The van der Waals surface area contributed by atoms with Gasteiger partial charge in [-0.15, -0.1) is 11.3 Å². The lowest BCUT2D eigenvalue weighted by atomic mass is 10.00. The molecule has 4 heteroatoms. The number of hydrogen-bond acceptors (Lipinski definition) is 3. The summed E-state index contributed by atoms with van der Waals surface area (Å²) in [5.74, 6) is -0.0461. The molecule has 1 aromatic carbocycles. The Hall–Kier alpha value is -1.94. The van der Waals surface area contributed by atoms with Crippen molar-refractivity contribution in [3.05, 3.63) is 51.9 Å². The van der Waals surface area contributed by atoms with Gasteiger partial charge in [0.05, 0.1) is 5.71 Å². The van der Waals surface area contributed by atoms with E-state index in [1.807, 2.05) is 20.8 Å². The van der Waals surface area contributed by atoms with Crippen LogP contribution in [0.4, 0.5) is 5.00 Å². The van der Waals surface area contributed by atoms with Crippen LogP contribution in [0, 0.1) is 13.8 Å². The molecule has 1 aromatic heterocycles. The van der Waals surface area contributed by atoms with Crippen LogP contribution in [0.2, 0.25) is 0 Å². The Balaban J connectivity index is 0.000000847. The molecule has 0 aliphatic carbocycles. The number of thiophene rings is 1. The molecule has 1 aliphatic heterocycles. The zero-order valence-electron chi connectivity index (χ0n) is 13.7. The Labute approximate surface area is 136 Å². The second-order valence-electron chi connectivity index (χ2n) is 5.13. The van der Waals surface area contributed by atoms with Gasteiger partial charge >= 0.3 is 0 Å². The van der Waals surface area contributed by atoms with Crippen molar-refractivity contribution in [3.8, 4) is 0 Å². The molecule has 1 aliphatic rings. The molecule has 3 rings (SSSR count). The Kier molecular flexibility index (Phi) is 5.14. The summed E-state index contributed by atoms with van der Waals surface area (Å²) in [5, 5.41) is 5.93. The van der Waals surface area contributed by atoms with E-state index in [0.717, 1.165) is 27.4 Å². The van der Waals surface area contributed by atoms with Crippen molar-refractivity contribution >= 4 is 28.0 Å². The fourth-order valence-electron chi connectivity index (χ4n) is 2.29. The molecule has 2 heterocycles. The molecule has 0 spiro atoms. The third-order valence-electron chi connectivity index (χ3n) is 3.48. The number of hydrogen-bond donors (Lipinski definition) is 1.